The second kappa shape index (κ2) is 6.96. The number of aliphatic hydroxyl groups is 1. The summed E-state index contributed by atoms with van der Waals surface area (Å²) in [6.45, 7) is 2.90. The first kappa shape index (κ1) is 17.0. The van der Waals surface area contributed by atoms with Gasteiger partial charge in [0.05, 0.1) is 0 Å². The average Bonchev–Trinajstić information content (AvgIpc) is 2.68. The fourth-order valence-corrected chi connectivity index (χ4v) is 3.02. The van der Waals surface area contributed by atoms with Gasteiger partial charge in [-0.05, 0) is 24.3 Å². The molecule has 128 valence electrons. The molecule has 0 aliphatic carbocycles. The molecule has 4 nitrogen and oxygen atoms in total. The van der Waals surface area contributed by atoms with Gasteiger partial charge < -0.3 is 14.9 Å². The van der Waals surface area contributed by atoms with E-state index in [1.54, 1.807) is 17.0 Å². The van der Waals surface area contributed by atoms with Crippen LogP contribution in [0.1, 0.15) is 11.1 Å². The SMILES string of the molecule is C#CC(O)(c1ccc(F)cc1)c1ccc(N2CCN(C=O)CC2)cc1. The molecule has 0 bridgehead atoms. The van der Waals surface area contributed by atoms with Crippen LogP contribution < -0.4 is 4.90 Å². The Balaban J connectivity index is 1.82. The molecule has 1 aliphatic rings. The number of halogens is 1. The molecular weight excluding hydrogens is 319 g/mol. The van der Waals surface area contributed by atoms with Crippen LogP contribution in [0.4, 0.5) is 10.1 Å². The summed E-state index contributed by atoms with van der Waals surface area (Å²) < 4.78 is 13.1. The van der Waals surface area contributed by atoms with Crippen LogP contribution in [-0.4, -0.2) is 42.6 Å². The minimum absolute atomic E-state index is 0.382. The van der Waals surface area contributed by atoms with E-state index in [0.29, 0.717) is 24.2 Å². The number of anilines is 1. The van der Waals surface area contributed by atoms with Crippen molar-refractivity contribution in [2.45, 2.75) is 5.60 Å². The van der Waals surface area contributed by atoms with Gasteiger partial charge in [-0.25, -0.2) is 4.39 Å². The molecule has 2 aromatic carbocycles. The van der Waals surface area contributed by atoms with Gasteiger partial charge in [0, 0.05) is 43.0 Å². The van der Waals surface area contributed by atoms with Crippen LogP contribution in [0.3, 0.4) is 0 Å². The number of carbonyl (C=O) groups excluding carboxylic acids is 1. The Bertz CT molecular complexity index is 775. The summed E-state index contributed by atoms with van der Waals surface area (Å²) in [5.74, 6) is 2.04. The van der Waals surface area contributed by atoms with Crippen LogP contribution in [0.2, 0.25) is 0 Å². The van der Waals surface area contributed by atoms with Gasteiger partial charge >= 0.3 is 0 Å². The van der Waals surface area contributed by atoms with Crippen LogP contribution in [-0.2, 0) is 10.4 Å². The van der Waals surface area contributed by atoms with Crippen LogP contribution in [0.5, 0.6) is 0 Å². The number of rotatable bonds is 4. The topological polar surface area (TPSA) is 43.8 Å². The molecule has 1 aliphatic heterocycles. The lowest BCUT2D eigenvalue weighted by molar-refractivity contribution is -0.118. The highest BCUT2D eigenvalue weighted by molar-refractivity contribution is 5.54. The maximum atomic E-state index is 13.1. The van der Waals surface area contributed by atoms with E-state index in [2.05, 4.69) is 10.8 Å². The van der Waals surface area contributed by atoms with Crippen LogP contribution >= 0.6 is 0 Å². The number of piperazine rings is 1. The summed E-state index contributed by atoms with van der Waals surface area (Å²) in [5.41, 5.74) is 0.399. The predicted molar refractivity (Wildman–Crippen MR) is 94.5 cm³/mol. The van der Waals surface area contributed by atoms with Gasteiger partial charge in [-0.15, -0.1) is 6.42 Å². The Morgan fingerprint density at radius 2 is 1.52 bits per heavy atom. The number of nitrogens with zero attached hydrogens (tertiary/aromatic N) is 2. The smallest absolute Gasteiger partial charge is 0.209 e. The van der Waals surface area contributed by atoms with Gasteiger partial charge in [0.1, 0.15) is 5.82 Å². The van der Waals surface area contributed by atoms with E-state index >= 15 is 0 Å². The maximum Gasteiger partial charge on any atom is 0.209 e. The van der Waals surface area contributed by atoms with Gasteiger partial charge in [-0.2, -0.15) is 0 Å². The van der Waals surface area contributed by atoms with Crippen LogP contribution in [0.25, 0.3) is 0 Å². The molecule has 0 aromatic heterocycles. The highest BCUT2D eigenvalue weighted by Gasteiger charge is 2.29. The maximum absolute atomic E-state index is 13.1. The van der Waals surface area contributed by atoms with E-state index in [0.717, 1.165) is 25.2 Å². The van der Waals surface area contributed by atoms with Crippen molar-refractivity contribution in [1.29, 1.82) is 0 Å². The molecule has 1 atom stereocenters. The third-order valence-electron chi connectivity index (χ3n) is 4.58. The largest absolute Gasteiger partial charge is 0.369 e. The van der Waals surface area contributed by atoms with Crippen molar-refractivity contribution >= 4 is 12.1 Å². The van der Waals surface area contributed by atoms with E-state index in [4.69, 9.17) is 6.42 Å². The van der Waals surface area contributed by atoms with E-state index in [-0.39, 0.29) is 5.82 Å². The van der Waals surface area contributed by atoms with Gasteiger partial charge in [0.25, 0.3) is 0 Å². The van der Waals surface area contributed by atoms with Crippen molar-refractivity contribution in [2.24, 2.45) is 0 Å². The zero-order valence-corrected chi connectivity index (χ0v) is 13.7. The molecule has 1 fully saturated rings. The van der Waals surface area contributed by atoms with Crippen molar-refractivity contribution in [3.63, 3.8) is 0 Å². The van der Waals surface area contributed by atoms with Gasteiger partial charge in [0.15, 0.2) is 5.60 Å². The van der Waals surface area contributed by atoms with Crippen molar-refractivity contribution in [1.82, 2.24) is 4.90 Å². The second-order valence-electron chi connectivity index (χ2n) is 6.04. The Kier molecular flexibility index (Phi) is 4.73. The Morgan fingerprint density at radius 1 is 1.00 bits per heavy atom. The fraction of sp³-hybridized carbons (Fsp3) is 0.250. The molecule has 5 heteroatoms. The molecule has 0 spiro atoms. The molecule has 1 unspecified atom stereocenters. The molecule has 1 amide bonds. The molecule has 1 saturated heterocycles. The van der Waals surface area contributed by atoms with Crippen molar-refractivity contribution in [3.05, 3.63) is 65.5 Å². The summed E-state index contributed by atoms with van der Waals surface area (Å²) in [6.07, 6.45) is 6.45. The quantitative estimate of drug-likeness (QED) is 0.685. The number of hydrogen-bond acceptors (Lipinski definition) is 3. The van der Waals surface area contributed by atoms with Crippen molar-refractivity contribution < 1.29 is 14.3 Å². The molecule has 25 heavy (non-hydrogen) atoms. The third-order valence-corrected chi connectivity index (χ3v) is 4.58. The van der Waals surface area contributed by atoms with E-state index in [1.165, 1.54) is 24.3 Å². The number of benzene rings is 2. The van der Waals surface area contributed by atoms with Gasteiger partial charge in [-0.3, -0.25) is 4.79 Å². The highest BCUT2D eigenvalue weighted by Crippen LogP contribution is 2.30. The minimum Gasteiger partial charge on any atom is -0.369 e. The highest BCUT2D eigenvalue weighted by atomic mass is 19.1. The summed E-state index contributed by atoms with van der Waals surface area (Å²) in [6, 6.07) is 12.9. The summed E-state index contributed by atoms with van der Waals surface area (Å²) in [7, 11) is 0. The van der Waals surface area contributed by atoms with E-state index < -0.39 is 5.60 Å². The molecular formula is C20H19FN2O2. The number of amides is 1. The van der Waals surface area contributed by atoms with Crippen molar-refractivity contribution in [3.8, 4) is 12.3 Å². The fourth-order valence-electron chi connectivity index (χ4n) is 3.02. The lowest BCUT2D eigenvalue weighted by Gasteiger charge is -2.34. The van der Waals surface area contributed by atoms with E-state index in [9.17, 15) is 14.3 Å². The van der Waals surface area contributed by atoms with Gasteiger partial charge in [0.2, 0.25) is 6.41 Å². The first-order valence-corrected chi connectivity index (χ1v) is 8.08. The van der Waals surface area contributed by atoms with Gasteiger partial charge in [-0.1, -0.05) is 30.2 Å². The first-order chi connectivity index (χ1) is 12.1. The molecule has 1 heterocycles. The van der Waals surface area contributed by atoms with Crippen molar-refractivity contribution in [2.75, 3.05) is 31.1 Å². The number of carbonyl (C=O) groups is 1. The minimum atomic E-state index is -1.61. The zero-order valence-electron chi connectivity index (χ0n) is 13.7. The third kappa shape index (κ3) is 3.35. The van der Waals surface area contributed by atoms with E-state index in [1.807, 2.05) is 12.1 Å². The first-order valence-electron chi connectivity index (χ1n) is 8.08. The Morgan fingerprint density at radius 3 is 2.00 bits per heavy atom. The summed E-state index contributed by atoms with van der Waals surface area (Å²) >= 11 is 0. The van der Waals surface area contributed by atoms with Crippen LogP contribution in [0, 0.1) is 18.2 Å². The predicted octanol–water partition coefficient (Wildman–Crippen LogP) is 1.97. The number of hydrogen-bond donors (Lipinski definition) is 1. The lowest BCUT2D eigenvalue weighted by atomic mass is 9.87. The zero-order chi connectivity index (χ0) is 17.9. The molecule has 0 saturated carbocycles. The average molecular weight is 338 g/mol. The molecule has 0 radical (unpaired) electrons. The molecule has 2 aromatic rings. The second-order valence-corrected chi connectivity index (χ2v) is 6.04. The van der Waals surface area contributed by atoms with Crippen LogP contribution in [0.15, 0.2) is 48.5 Å². The normalized spacial score (nSPS) is 16.8. The molecule has 3 rings (SSSR count). The summed E-state index contributed by atoms with van der Waals surface area (Å²) in [4.78, 5) is 14.7. The molecule has 1 N–H and O–H groups in total. The number of terminal acetylenes is 1. The standard InChI is InChI=1S/C20H19FN2O2/c1-2-20(25,16-3-7-18(21)8-4-16)17-5-9-19(10-6-17)23-13-11-22(15-24)12-14-23/h1,3-10,15,25H,11-14H2. The summed E-state index contributed by atoms with van der Waals surface area (Å²) in [5, 5.41) is 10.9. The lowest BCUT2D eigenvalue weighted by Crippen LogP contribution is -2.45. The Hall–Kier alpha value is -2.84. The Labute approximate surface area is 146 Å². The monoisotopic (exact) mass is 338 g/mol.